The number of carbonyl (C=O) groups excluding carboxylic acids is 6. The maximum atomic E-state index is 13.3. The number of aliphatic hydroxyl groups is 1. The second-order valence-electron chi connectivity index (χ2n) is 10.6. The summed E-state index contributed by atoms with van der Waals surface area (Å²) in [5.41, 5.74) is 5.85. The van der Waals surface area contributed by atoms with Gasteiger partial charge in [0.1, 0.15) is 24.2 Å². The SMILES string of the molecule is CC(C)CN1CC(=O)N[C@@H](Cc2cnc[nH]2)C(=O)N[C@@H](CO)C(=O)N[C@@H]([C@@H](C)OP(=O)(O)O)C(=O)N[C@@H](C(N)=O)CSCC1=O. The molecular formula is C24H39N8O11PS. The molecule has 0 radical (unpaired) electrons. The topological polar surface area (TPSA) is 295 Å². The van der Waals surface area contributed by atoms with E-state index in [1.54, 1.807) is 0 Å². The molecule has 0 spiro atoms. The smallest absolute Gasteiger partial charge is 0.394 e. The van der Waals surface area contributed by atoms with Gasteiger partial charge in [-0.1, -0.05) is 13.8 Å². The lowest BCUT2D eigenvalue weighted by atomic mass is 10.1. The zero-order valence-electron chi connectivity index (χ0n) is 24.8. The van der Waals surface area contributed by atoms with Gasteiger partial charge in [0, 0.05) is 30.6 Å². The van der Waals surface area contributed by atoms with Crippen LogP contribution in [0.1, 0.15) is 26.5 Å². The molecule has 1 fully saturated rings. The summed E-state index contributed by atoms with van der Waals surface area (Å²) in [6, 6.07) is -6.33. The number of aliphatic hydroxyl groups excluding tert-OH is 1. The van der Waals surface area contributed by atoms with Crippen molar-refractivity contribution in [2.75, 3.05) is 31.2 Å². The molecule has 2 heterocycles. The van der Waals surface area contributed by atoms with Crippen molar-refractivity contribution < 1.29 is 52.7 Å². The molecule has 19 nitrogen and oxygen atoms in total. The van der Waals surface area contributed by atoms with Crippen LogP contribution in [0.15, 0.2) is 12.5 Å². The third kappa shape index (κ3) is 12.8. The largest absolute Gasteiger partial charge is 0.469 e. The van der Waals surface area contributed by atoms with Gasteiger partial charge in [-0.2, -0.15) is 0 Å². The first-order valence-electron chi connectivity index (χ1n) is 13.7. The lowest BCUT2D eigenvalue weighted by Crippen LogP contribution is -2.62. The van der Waals surface area contributed by atoms with E-state index in [1.807, 2.05) is 13.8 Å². The standard InChI is InChI=1S/C24H39N8O11PS/c1-12(2)6-32-7-18(34)28-15(4-14-5-26-11-27-14)22(37)29-16(8-33)23(38)31-20(13(3)43-44(40,41)42)24(39)30-17(21(25)36)9-45-10-19(32)35/h5,11-13,15-17,20,33H,4,6-10H2,1-3H3,(H2,25,36)(H,26,27)(H,28,34)(H,29,37)(H,30,39)(H,31,38)(H2,40,41,42)/t13-,15+,16+,17-,20+/m1/s1. The Bertz CT molecular complexity index is 1260. The summed E-state index contributed by atoms with van der Waals surface area (Å²) in [5.74, 6) is -5.95. The van der Waals surface area contributed by atoms with Gasteiger partial charge in [-0.05, 0) is 12.8 Å². The lowest BCUT2D eigenvalue weighted by molar-refractivity contribution is -0.137. The Morgan fingerprint density at radius 2 is 1.76 bits per heavy atom. The highest BCUT2D eigenvalue weighted by atomic mass is 32.2. The maximum absolute atomic E-state index is 13.3. The monoisotopic (exact) mass is 678 g/mol. The van der Waals surface area contributed by atoms with Gasteiger partial charge < -0.3 is 51.8 Å². The number of carbonyl (C=O) groups is 6. The van der Waals surface area contributed by atoms with E-state index in [2.05, 4.69) is 35.8 Å². The van der Waals surface area contributed by atoms with Gasteiger partial charge in [-0.25, -0.2) is 9.55 Å². The number of H-pyrrole nitrogens is 1. The molecule has 0 aromatic carbocycles. The highest BCUT2D eigenvalue weighted by Gasteiger charge is 2.37. The number of aromatic nitrogens is 2. The van der Waals surface area contributed by atoms with E-state index in [9.17, 15) is 48.2 Å². The van der Waals surface area contributed by atoms with Gasteiger partial charge in [0.25, 0.3) is 0 Å². The number of amides is 6. The zero-order chi connectivity index (χ0) is 33.9. The van der Waals surface area contributed by atoms with Crippen molar-refractivity contribution in [3.63, 3.8) is 0 Å². The van der Waals surface area contributed by atoms with Crippen LogP contribution in [0.5, 0.6) is 0 Å². The van der Waals surface area contributed by atoms with E-state index < -0.39 is 86.7 Å². The summed E-state index contributed by atoms with van der Waals surface area (Å²) >= 11 is 0.913. The van der Waals surface area contributed by atoms with Crippen LogP contribution in [-0.2, 0) is 44.3 Å². The van der Waals surface area contributed by atoms with E-state index in [4.69, 9.17) is 5.73 Å². The molecule has 252 valence electrons. The fraction of sp³-hybridized carbons (Fsp3) is 0.625. The number of phosphoric acid groups is 1. The van der Waals surface area contributed by atoms with E-state index in [0.717, 1.165) is 18.7 Å². The molecule has 10 N–H and O–H groups in total. The second kappa shape index (κ2) is 17.2. The number of imidazole rings is 1. The van der Waals surface area contributed by atoms with Crippen LogP contribution in [0.4, 0.5) is 0 Å². The molecule has 45 heavy (non-hydrogen) atoms. The van der Waals surface area contributed by atoms with Crippen molar-refractivity contribution in [3.05, 3.63) is 18.2 Å². The average Bonchev–Trinajstić information content (AvgIpc) is 3.44. The number of nitrogens with zero attached hydrogens (tertiary/aromatic N) is 2. The summed E-state index contributed by atoms with van der Waals surface area (Å²) in [7, 11) is -5.20. The number of hydrogen-bond donors (Lipinski definition) is 9. The normalized spacial score (nSPS) is 24.2. The minimum atomic E-state index is -5.20. The predicted molar refractivity (Wildman–Crippen MR) is 158 cm³/mol. The van der Waals surface area contributed by atoms with E-state index >= 15 is 0 Å². The molecule has 1 aromatic heterocycles. The number of rotatable bonds is 9. The third-order valence-electron chi connectivity index (χ3n) is 6.24. The molecule has 0 bridgehead atoms. The Morgan fingerprint density at radius 3 is 2.31 bits per heavy atom. The van der Waals surface area contributed by atoms with Crippen LogP contribution in [0, 0.1) is 5.92 Å². The highest BCUT2D eigenvalue weighted by molar-refractivity contribution is 8.00. The molecule has 0 aliphatic carbocycles. The van der Waals surface area contributed by atoms with E-state index in [-0.39, 0.29) is 30.4 Å². The van der Waals surface area contributed by atoms with Gasteiger partial charge in [0.15, 0.2) is 0 Å². The fourth-order valence-electron chi connectivity index (χ4n) is 4.14. The average molecular weight is 679 g/mol. The molecule has 1 aliphatic rings. The van der Waals surface area contributed by atoms with Crippen molar-refractivity contribution in [2.45, 2.75) is 57.5 Å². The maximum Gasteiger partial charge on any atom is 0.469 e. The van der Waals surface area contributed by atoms with Crippen LogP contribution in [0.3, 0.4) is 0 Å². The van der Waals surface area contributed by atoms with Crippen LogP contribution in [-0.4, -0.2) is 127 Å². The van der Waals surface area contributed by atoms with Crippen molar-refractivity contribution in [1.29, 1.82) is 0 Å². The fourth-order valence-corrected chi connectivity index (χ4v) is 5.65. The Hall–Kier alpha value is -3.55. The van der Waals surface area contributed by atoms with Gasteiger partial charge in [-0.15, -0.1) is 11.8 Å². The Morgan fingerprint density at radius 1 is 1.09 bits per heavy atom. The molecule has 0 unspecified atom stereocenters. The van der Waals surface area contributed by atoms with Gasteiger partial charge in [0.2, 0.25) is 35.4 Å². The molecule has 1 saturated heterocycles. The number of primary amides is 1. The molecule has 2 rings (SSSR count). The first-order chi connectivity index (χ1) is 21.0. The van der Waals surface area contributed by atoms with Crippen molar-refractivity contribution >= 4 is 55.0 Å². The van der Waals surface area contributed by atoms with Crippen LogP contribution in [0.25, 0.3) is 0 Å². The minimum absolute atomic E-state index is 0.0514. The first kappa shape index (κ1) is 37.6. The summed E-state index contributed by atoms with van der Waals surface area (Å²) in [5, 5.41) is 19.2. The summed E-state index contributed by atoms with van der Waals surface area (Å²) in [6.07, 6.45) is 0.918. The predicted octanol–water partition coefficient (Wildman–Crippen LogP) is -3.90. The summed E-state index contributed by atoms with van der Waals surface area (Å²) < 4.78 is 16.1. The number of nitrogens with two attached hydrogens (primary N) is 1. The van der Waals surface area contributed by atoms with Crippen LogP contribution in [0.2, 0.25) is 0 Å². The number of hydrogen-bond acceptors (Lipinski definition) is 11. The number of aromatic amines is 1. The minimum Gasteiger partial charge on any atom is -0.394 e. The first-order valence-corrected chi connectivity index (χ1v) is 16.4. The zero-order valence-corrected chi connectivity index (χ0v) is 26.5. The Kier molecular flexibility index (Phi) is 14.4. The molecular weight excluding hydrogens is 639 g/mol. The number of nitrogens with one attached hydrogen (secondary N) is 5. The second-order valence-corrected chi connectivity index (χ2v) is 12.8. The van der Waals surface area contributed by atoms with Gasteiger partial charge in [-0.3, -0.25) is 33.3 Å². The van der Waals surface area contributed by atoms with Crippen molar-refractivity contribution in [3.8, 4) is 0 Å². The van der Waals surface area contributed by atoms with E-state index in [1.165, 1.54) is 17.4 Å². The molecule has 1 aromatic rings. The number of phosphoric ester groups is 1. The van der Waals surface area contributed by atoms with Crippen molar-refractivity contribution in [2.24, 2.45) is 11.7 Å². The quantitative estimate of drug-likeness (QED) is 0.113. The Balaban J connectivity index is 2.49. The molecule has 6 amide bonds. The highest BCUT2D eigenvalue weighted by Crippen LogP contribution is 2.38. The molecule has 5 atom stereocenters. The van der Waals surface area contributed by atoms with Gasteiger partial charge >= 0.3 is 7.82 Å². The molecule has 1 aliphatic heterocycles. The van der Waals surface area contributed by atoms with Gasteiger partial charge in [0.05, 0.1) is 31.3 Å². The van der Waals surface area contributed by atoms with Crippen molar-refractivity contribution in [1.82, 2.24) is 36.1 Å². The molecule has 21 heteroatoms. The summed E-state index contributed by atoms with van der Waals surface area (Å²) in [6.45, 7) is 3.44. The van der Waals surface area contributed by atoms with E-state index in [0.29, 0.717) is 5.69 Å². The third-order valence-corrected chi connectivity index (χ3v) is 7.87. The summed E-state index contributed by atoms with van der Waals surface area (Å²) in [4.78, 5) is 104. The Labute approximate surface area is 262 Å². The number of thioether (sulfide) groups is 1. The van der Waals surface area contributed by atoms with Crippen LogP contribution < -0.4 is 27.0 Å². The van der Waals surface area contributed by atoms with Crippen LogP contribution >= 0.6 is 19.6 Å². The lowest BCUT2D eigenvalue weighted by Gasteiger charge is -2.29. The molecule has 0 saturated carbocycles.